The van der Waals surface area contributed by atoms with Crippen LogP contribution in [0.25, 0.3) is 5.69 Å². The molecular formula is C19H20N6O2. The highest BCUT2D eigenvalue weighted by Crippen LogP contribution is 2.16. The van der Waals surface area contributed by atoms with E-state index >= 15 is 0 Å². The number of pyridine rings is 1. The molecule has 138 valence electrons. The number of carbonyl (C=O) groups is 1. The van der Waals surface area contributed by atoms with Crippen molar-refractivity contribution in [2.75, 3.05) is 31.2 Å². The molecule has 0 unspecified atom stereocenters. The molecular weight excluding hydrogens is 344 g/mol. The van der Waals surface area contributed by atoms with E-state index in [9.17, 15) is 4.79 Å². The second-order valence-corrected chi connectivity index (χ2v) is 6.19. The van der Waals surface area contributed by atoms with Gasteiger partial charge in [-0.3, -0.25) is 9.78 Å². The van der Waals surface area contributed by atoms with Gasteiger partial charge in [0.1, 0.15) is 5.69 Å². The van der Waals surface area contributed by atoms with Crippen LogP contribution in [0.2, 0.25) is 0 Å². The second kappa shape index (κ2) is 7.96. The molecule has 1 amide bonds. The van der Waals surface area contributed by atoms with Gasteiger partial charge in [0, 0.05) is 30.5 Å². The predicted octanol–water partition coefficient (Wildman–Crippen LogP) is 1.43. The molecule has 0 aliphatic carbocycles. The number of benzene rings is 1. The zero-order chi connectivity index (χ0) is 18.5. The van der Waals surface area contributed by atoms with Gasteiger partial charge >= 0.3 is 0 Å². The highest BCUT2D eigenvalue weighted by atomic mass is 16.5. The fraction of sp³-hybridized carbons (Fsp3) is 0.263. The molecule has 27 heavy (non-hydrogen) atoms. The first-order valence-corrected chi connectivity index (χ1v) is 8.82. The number of rotatable bonds is 5. The third-order valence-corrected chi connectivity index (χ3v) is 4.39. The Kier molecular flexibility index (Phi) is 5.06. The number of aromatic nitrogens is 4. The zero-order valence-electron chi connectivity index (χ0n) is 14.8. The van der Waals surface area contributed by atoms with Gasteiger partial charge in [0.25, 0.3) is 5.91 Å². The first kappa shape index (κ1) is 17.2. The number of morpholine rings is 1. The predicted molar refractivity (Wildman–Crippen MR) is 99.8 cm³/mol. The van der Waals surface area contributed by atoms with Gasteiger partial charge in [0.05, 0.1) is 37.8 Å². The minimum Gasteiger partial charge on any atom is -0.378 e. The normalized spacial score (nSPS) is 14.1. The third-order valence-electron chi connectivity index (χ3n) is 4.39. The topological polar surface area (TPSA) is 85.2 Å². The van der Waals surface area contributed by atoms with E-state index in [0.717, 1.165) is 37.7 Å². The van der Waals surface area contributed by atoms with E-state index in [4.69, 9.17) is 4.74 Å². The Bertz CT molecular complexity index is 888. The molecule has 0 spiro atoms. The summed E-state index contributed by atoms with van der Waals surface area (Å²) in [7, 11) is 0. The van der Waals surface area contributed by atoms with Crippen molar-refractivity contribution in [1.29, 1.82) is 0 Å². The van der Waals surface area contributed by atoms with Crippen molar-refractivity contribution in [3.8, 4) is 5.69 Å². The molecule has 1 aliphatic rings. The Morgan fingerprint density at radius 2 is 1.93 bits per heavy atom. The Morgan fingerprint density at radius 3 is 2.67 bits per heavy atom. The summed E-state index contributed by atoms with van der Waals surface area (Å²) < 4.78 is 7.00. The van der Waals surface area contributed by atoms with Crippen LogP contribution >= 0.6 is 0 Å². The smallest absolute Gasteiger partial charge is 0.251 e. The van der Waals surface area contributed by atoms with E-state index in [-0.39, 0.29) is 5.91 Å². The van der Waals surface area contributed by atoms with Crippen LogP contribution in [0.1, 0.15) is 16.1 Å². The van der Waals surface area contributed by atoms with Crippen molar-refractivity contribution in [2.24, 2.45) is 0 Å². The van der Waals surface area contributed by atoms with Gasteiger partial charge in [-0.2, -0.15) is 0 Å². The summed E-state index contributed by atoms with van der Waals surface area (Å²) in [6, 6.07) is 11.3. The van der Waals surface area contributed by atoms with Crippen LogP contribution in [-0.2, 0) is 11.3 Å². The van der Waals surface area contributed by atoms with Crippen molar-refractivity contribution in [3.05, 3.63) is 66.2 Å². The van der Waals surface area contributed by atoms with E-state index in [1.54, 1.807) is 23.3 Å². The fourth-order valence-electron chi connectivity index (χ4n) is 2.91. The number of hydrogen-bond acceptors (Lipinski definition) is 6. The minimum atomic E-state index is -0.139. The number of nitrogens with one attached hydrogen (secondary N) is 1. The van der Waals surface area contributed by atoms with E-state index in [2.05, 4.69) is 25.5 Å². The Balaban J connectivity index is 1.35. The molecule has 0 radical (unpaired) electrons. The second-order valence-electron chi connectivity index (χ2n) is 6.19. The Labute approximate surface area is 156 Å². The molecule has 1 saturated heterocycles. The minimum absolute atomic E-state index is 0.139. The van der Waals surface area contributed by atoms with Crippen LogP contribution in [0.4, 0.5) is 5.69 Å². The molecule has 2 aromatic heterocycles. The maximum Gasteiger partial charge on any atom is 0.251 e. The summed E-state index contributed by atoms with van der Waals surface area (Å²) >= 11 is 0. The average molecular weight is 364 g/mol. The number of anilines is 1. The highest BCUT2D eigenvalue weighted by molar-refractivity contribution is 5.94. The molecule has 0 bridgehead atoms. The van der Waals surface area contributed by atoms with Crippen molar-refractivity contribution in [1.82, 2.24) is 25.3 Å². The molecule has 8 nitrogen and oxygen atoms in total. The lowest BCUT2D eigenvalue weighted by Gasteiger charge is -2.28. The van der Waals surface area contributed by atoms with E-state index in [1.807, 2.05) is 36.4 Å². The summed E-state index contributed by atoms with van der Waals surface area (Å²) in [5, 5.41) is 11.0. The van der Waals surface area contributed by atoms with Crippen LogP contribution in [0.3, 0.4) is 0 Å². The monoisotopic (exact) mass is 364 g/mol. The number of nitrogens with zero attached hydrogens (tertiary/aromatic N) is 5. The number of hydrogen-bond donors (Lipinski definition) is 1. The van der Waals surface area contributed by atoms with E-state index in [0.29, 0.717) is 17.8 Å². The van der Waals surface area contributed by atoms with Crippen molar-refractivity contribution >= 4 is 11.6 Å². The highest BCUT2D eigenvalue weighted by Gasteiger charge is 2.12. The van der Waals surface area contributed by atoms with Gasteiger partial charge < -0.3 is 15.0 Å². The largest absolute Gasteiger partial charge is 0.378 e. The molecule has 1 N–H and O–H groups in total. The van der Waals surface area contributed by atoms with Crippen LogP contribution in [0.5, 0.6) is 0 Å². The molecule has 8 heteroatoms. The van der Waals surface area contributed by atoms with Gasteiger partial charge in [-0.25, -0.2) is 4.68 Å². The number of ether oxygens (including phenoxy) is 1. The Morgan fingerprint density at radius 1 is 1.11 bits per heavy atom. The summed E-state index contributed by atoms with van der Waals surface area (Å²) in [4.78, 5) is 18.7. The van der Waals surface area contributed by atoms with Gasteiger partial charge in [-0.05, 0) is 36.4 Å². The zero-order valence-corrected chi connectivity index (χ0v) is 14.8. The molecule has 0 saturated carbocycles. The summed E-state index contributed by atoms with van der Waals surface area (Å²) in [5.74, 6) is -0.139. The lowest BCUT2D eigenvalue weighted by molar-refractivity contribution is 0.0950. The summed E-state index contributed by atoms with van der Waals surface area (Å²) in [6.07, 6.45) is 5.18. The van der Waals surface area contributed by atoms with E-state index in [1.165, 1.54) is 0 Å². The molecule has 1 aromatic carbocycles. The molecule has 3 aromatic rings. The first-order chi connectivity index (χ1) is 13.3. The van der Waals surface area contributed by atoms with Crippen LogP contribution in [-0.4, -0.2) is 52.2 Å². The maximum atomic E-state index is 12.4. The average Bonchev–Trinajstić information content (AvgIpc) is 3.22. The fourth-order valence-corrected chi connectivity index (χ4v) is 2.91. The lowest BCUT2D eigenvalue weighted by atomic mass is 10.1. The maximum absolute atomic E-state index is 12.4. The van der Waals surface area contributed by atoms with Crippen molar-refractivity contribution < 1.29 is 9.53 Å². The van der Waals surface area contributed by atoms with Crippen LogP contribution in [0.15, 0.2) is 55.0 Å². The summed E-state index contributed by atoms with van der Waals surface area (Å²) in [6.45, 7) is 3.53. The van der Waals surface area contributed by atoms with Crippen molar-refractivity contribution in [2.45, 2.75) is 6.54 Å². The van der Waals surface area contributed by atoms with Gasteiger partial charge in [0.2, 0.25) is 0 Å². The SMILES string of the molecule is O=C(NCc1cn(-c2cccnc2)nn1)c1ccc(N2CCOCC2)cc1. The summed E-state index contributed by atoms with van der Waals surface area (Å²) in [5.41, 5.74) is 3.22. The quantitative estimate of drug-likeness (QED) is 0.737. The Hall–Kier alpha value is -3.26. The number of amides is 1. The van der Waals surface area contributed by atoms with E-state index < -0.39 is 0 Å². The van der Waals surface area contributed by atoms with Crippen LogP contribution < -0.4 is 10.2 Å². The molecule has 1 aliphatic heterocycles. The molecule has 0 atom stereocenters. The van der Waals surface area contributed by atoms with Crippen molar-refractivity contribution in [3.63, 3.8) is 0 Å². The third kappa shape index (κ3) is 4.12. The van der Waals surface area contributed by atoms with Crippen LogP contribution in [0, 0.1) is 0 Å². The van der Waals surface area contributed by atoms with Gasteiger partial charge in [-0.1, -0.05) is 5.21 Å². The molecule has 3 heterocycles. The number of carbonyl (C=O) groups excluding carboxylic acids is 1. The van der Waals surface area contributed by atoms with Gasteiger partial charge in [0.15, 0.2) is 0 Å². The lowest BCUT2D eigenvalue weighted by Crippen LogP contribution is -2.36. The molecule has 4 rings (SSSR count). The standard InChI is InChI=1S/C19H20N6O2/c26-19(15-3-5-17(6-4-15)24-8-10-27-11-9-24)21-12-16-14-25(23-22-16)18-2-1-7-20-13-18/h1-7,13-14H,8-12H2,(H,21,26). The molecule has 1 fully saturated rings. The van der Waals surface area contributed by atoms with Gasteiger partial charge in [-0.15, -0.1) is 5.10 Å². The first-order valence-electron chi connectivity index (χ1n) is 8.82.